The lowest BCUT2D eigenvalue weighted by Gasteiger charge is -2.06. The third kappa shape index (κ3) is 2.69. The van der Waals surface area contributed by atoms with Gasteiger partial charge in [-0.15, -0.1) is 0 Å². The molecule has 0 fully saturated rings. The van der Waals surface area contributed by atoms with Gasteiger partial charge in [-0.2, -0.15) is 5.10 Å². The highest BCUT2D eigenvalue weighted by molar-refractivity contribution is 5.83. The van der Waals surface area contributed by atoms with Gasteiger partial charge >= 0.3 is 0 Å². The highest BCUT2D eigenvalue weighted by Crippen LogP contribution is 2.29. The molecule has 27 heavy (non-hydrogen) atoms. The number of fused-ring (bicyclic) bond motifs is 1. The molecule has 0 aliphatic carbocycles. The fraction of sp³-hybridized carbons (Fsp3) is 0. The Morgan fingerprint density at radius 1 is 0.778 bits per heavy atom. The fourth-order valence-electron chi connectivity index (χ4n) is 3.24. The normalized spacial score (nSPS) is 11.1. The van der Waals surface area contributed by atoms with Gasteiger partial charge in [0.15, 0.2) is 5.82 Å². The number of benzene rings is 3. The van der Waals surface area contributed by atoms with Crippen molar-refractivity contribution in [3.8, 4) is 28.5 Å². The van der Waals surface area contributed by atoms with Gasteiger partial charge in [0.25, 0.3) is 0 Å². The van der Waals surface area contributed by atoms with E-state index in [1.54, 1.807) is 12.1 Å². The van der Waals surface area contributed by atoms with E-state index in [4.69, 9.17) is 4.98 Å². The van der Waals surface area contributed by atoms with Crippen molar-refractivity contribution >= 4 is 11.0 Å². The van der Waals surface area contributed by atoms with Crippen molar-refractivity contribution in [1.29, 1.82) is 0 Å². The zero-order valence-electron chi connectivity index (χ0n) is 14.3. The molecule has 0 unspecified atom stereocenters. The van der Waals surface area contributed by atoms with Gasteiger partial charge in [0.05, 0.1) is 16.7 Å². The molecule has 0 atom stereocenters. The summed E-state index contributed by atoms with van der Waals surface area (Å²) in [6, 6.07) is 26.3. The highest BCUT2D eigenvalue weighted by atomic mass is 19.1. The number of nitrogens with one attached hydrogen (secondary N) is 1. The van der Waals surface area contributed by atoms with Crippen molar-refractivity contribution in [3.05, 3.63) is 90.7 Å². The number of hydrogen-bond acceptors (Lipinski definition) is 2. The van der Waals surface area contributed by atoms with Gasteiger partial charge < -0.3 is 0 Å². The standard InChI is InChI=1S/C22H15FN4/c23-17-12-10-16(11-13-17)22-24-18-8-4-5-9-20(18)27(22)21-14-19(25-26-21)15-6-2-1-3-7-15/h1-14H,(H,25,26). The second-order valence-electron chi connectivity index (χ2n) is 6.27. The maximum Gasteiger partial charge on any atom is 0.161 e. The Balaban J connectivity index is 1.72. The van der Waals surface area contributed by atoms with Crippen LogP contribution in [-0.2, 0) is 0 Å². The van der Waals surface area contributed by atoms with Crippen molar-refractivity contribution in [2.75, 3.05) is 0 Å². The van der Waals surface area contributed by atoms with E-state index in [-0.39, 0.29) is 5.82 Å². The molecule has 5 aromatic rings. The molecule has 2 heterocycles. The maximum atomic E-state index is 13.4. The van der Waals surface area contributed by atoms with Gasteiger partial charge in [0.1, 0.15) is 11.6 Å². The summed E-state index contributed by atoms with van der Waals surface area (Å²) in [7, 11) is 0. The molecule has 2 aromatic heterocycles. The first-order valence-electron chi connectivity index (χ1n) is 8.64. The molecule has 130 valence electrons. The van der Waals surface area contributed by atoms with E-state index in [0.717, 1.165) is 39.5 Å². The molecule has 0 saturated carbocycles. The minimum absolute atomic E-state index is 0.271. The van der Waals surface area contributed by atoms with E-state index in [1.807, 2.05) is 65.2 Å². The van der Waals surface area contributed by atoms with Gasteiger partial charge in [-0.05, 0) is 42.0 Å². The summed E-state index contributed by atoms with van der Waals surface area (Å²) in [6.07, 6.45) is 0. The molecule has 0 saturated heterocycles. The van der Waals surface area contributed by atoms with Gasteiger partial charge in [-0.3, -0.25) is 9.67 Å². The lowest BCUT2D eigenvalue weighted by atomic mass is 10.1. The minimum atomic E-state index is -0.271. The lowest BCUT2D eigenvalue weighted by Crippen LogP contribution is -1.98. The van der Waals surface area contributed by atoms with Crippen LogP contribution in [0.1, 0.15) is 0 Å². The third-order valence-corrected chi connectivity index (χ3v) is 4.54. The lowest BCUT2D eigenvalue weighted by molar-refractivity contribution is 0.628. The summed E-state index contributed by atoms with van der Waals surface area (Å²) < 4.78 is 15.4. The van der Waals surface area contributed by atoms with E-state index < -0.39 is 0 Å². The number of nitrogens with zero attached hydrogens (tertiary/aromatic N) is 3. The average Bonchev–Trinajstić information content (AvgIpc) is 3.34. The Labute approximate surface area is 154 Å². The predicted octanol–water partition coefficient (Wildman–Crippen LogP) is 5.22. The van der Waals surface area contributed by atoms with Crippen molar-refractivity contribution in [2.45, 2.75) is 0 Å². The average molecular weight is 354 g/mol. The minimum Gasteiger partial charge on any atom is -0.276 e. The highest BCUT2D eigenvalue weighted by Gasteiger charge is 2.16. The molecule has 5 rings (SSSR count). The molecule has 0 aliphatic heterocycles. The summed E-state index contributed by atoms with van der Waals surface area (Å²) >= 11 is 0. The van der Waals surface area contributed by atoms with Crippen LogP contribution in [-0.4, -0.2) is 19.7 Å². The van der Waals surface area contributed by atoms with Gasteiger partial charge in [-0.1, -0.05) is 42.5 Å². The largest absolute Gasteiger partial charge is 0.276 e. The predicted molar refractivity (Wildman–Crippen MR) is 104 cm³/mol. The van der Waals surface area contributed by atoms with Crippen LogP contribution in [0.5, 0.6) is 0 Å². The Hall–Kier alpha value is -3.73. The molecular formula is C22H15FN4. The molecule has 0 spiro atoms. The molecule has 0 aliphatic rings. The third-order valence-electron chi connectivity index (χ3n) is 4.54. The number of para-hydroxylation sites is 2. The fourth-order valence-corrected chi connectivity index (χ4v) is 3.24. The molecule has 5 heteroatoms. The summed E-state index contributed by atoms with van der Waals surface area (Å²) in [4.78, 5) is 4.76. The quantitative estimate of drug-likeness (QED) is 0.483. The number of rotatable bonds is 3. The van der Waals surface area contributed by atoms with Crippen LogP contribution < -0.4 is 0 Å². The first-order valence-corrected chi connectivity index (χ1v) is 8.64. The van der Waals surface area contributed by atoms with Gasteiger partial charge in [0, 0.05) is 11.6 Å². The summed E-state index contributed by atoms with van der Waals surface area (Å²) in [5.41, 5.74) is 4.62. The van der Waals surface area contributed by atoms with Crippen molar-refractivity contribution < 1.29 is 4.39 Å². The second kappa shape index (κ2) is 6.21. The van der Waals surface area contributed by atoms with Gasteiger partial charge in [-0.25, -0.2) is 9.37 Å². The van der Waals surface area contributed by atoms with Crippen molar-refractivity contribution in [3.63, 3.8) is 0 Å². The van der Waals surface area contributed by atoms with Crippen molar-refractivity contribution in [1.82, 2.24) is 19.7 Å². The van der Waals surface area contributed by atoms with E-state index in [1.165, 1.54) is 12.1 Å². The van der Waals surface area contributed by atoms with Crippen molar-refractivity contribution in [2.24, 2.45) is 0 Å². The second-order valence-corrected chi connectivity index (χ2v) is 6.27. The topological polar surface area (TPSA) is 46.5 Å². The molecule has 1 N–H and O–H groups in total. The van der Waals surface area contributed by atoms with Crippen LogP contribution in [0, 0.1) is 5.82 Å². The summed E-state index contributed by atoms with van der Waals surface area (Å²) in [5, 5.41) is 7.62. The number of aromatic nitrogens is 4. The van der Waals surface area contributed by atoms with Gasteiger partial charge in [0.2, 0.25) is 0 Å². The van der Waals surface area contributed by atoms with Crippen LogP contribution in [0.25, 0.3) is 39.5 Å². The van der Waals surface area contributed by atoms with E-state index in [2.05, 4.69) is 10.2 Å². The van der Waals surface area contributed by atoms with E-state index in [0.29, 0.717) is 0 Å². The Morgan fingerprint density at radius 3 is 2.33 bits per heavy atom. The zero-order valence-corrected chi connectivity index (χ0v) is 14.3. The smallest absolute Gasteiger partial charge is 0.161 e. The van der Waals surface area contributed by atoms with Crippen LogP contribution >= 0.6 is 0 Å². The number of aromatic amines is 1. The first kappa shape index (κ1) is 15.5. The van der Waals surface area contributed by atoms with E-state index in [9.17, 15) is 4.39 Å². The van der Waals surface area contributed by atoms with Crippen LogP contribution in [0.4, 0.5) is 4.39 Å². The number of imidazole rings is 1. The summed E-state index contributed by atoms with van der Waals surface area (Å²) in [6.45, 7) is 0. The zero-order chi connectivity index (χ0) is 18.2. The number of halogens is 1. The molecule has 0 bridgehead atoms. The Morgan fingerprint density at radius 2 is 1.52 bits per heavy atom. The van der Waals surface area contributed by atoms with Crippen LogP contribution in [0.2, 0.25) is 0 Å². The Bertz CT molecular complexity index is 1220. The monoisotopic (exact) mass is 354 g/mol. The Kier molecular flexibility index (Phi) is 3.57. The molecule has 4 nitrogen and oxygen atoms in total. The first-order chi connectivity index (χ1) is 13.3. The molecule has 0 radical (unpaired) electrons. The van der Waals surface area contributed by atoms with E-state index >= 15 is 0 Å². The van der Waals surface area contributed by atoms with Crippen LogP contribution in [0.15, 0.2) is 84.9 Å². The molecular weight excluding hydrogens is 339 g/mol. The SMILES string of the molecule is Fc1ccc(-c2nc3ccccc3n2-c2cc(-c3ccccc3)[nH]n2)cc1. The maximum absolute atomic E-state index is 13.4. The molecule has 0 amide bonds. The molecule has 3 aromatic carbocycles. The summed E-state index contributed by atoms with van der Waals surface area (Å²) in [5.74, 6) is 1.19. The van der Waals surface area contributed by atoms with Crippen LogP contribution in [0.3, 0.4) is 0 Å². The number of H-pyrrole nitrogens is 1. The number of hydrogen-bond donors (Lipinski definition) is 1.